The van der Waals surface area contributed by atoms with E-state index in [-0.39, 0.29) is 12.3 Å². The van der Waals surface area contributed by atoms with E-state index in [0.717, 1.165) is 4.47 Å². The number of benzene rings is 1. The highest BCUT2D eigenvalue weighted by Crippen LogP contribution is 2.34. The molecular formula is C10H10BrN3O2. The van der Waals surface area contributed by atoms with Gasteiger partial charge in [-0.1, -0.05) is 33.2 Å². The Bertz CT molecular complexity index is 454. The predicted molar refractivity (Wildman–Crippen MR) is 65.4 cm³/mol. The number of methoxy groups -OCH3 is 1. The van der Waals surface area contributed by atoms with E-state index in [9.17, 15) is 5.11 Å². The van der Waals surface area contributed by atoms with Crippen LogP contribution in [-0.2, 0) is 0 Å². The van der Waals surface area contributed by atoms with Gasteiger partial charge in [0.05, 0.1) is 7.11 Å². The van der Waals surface area contributed by atoms with E-state index in [1.807, 2.05) is 0 Å². The second-order valence-corrected chi connectivity index (χ2v) is 3.78. The van der Waals surface area contributed by atoms with Crippen LogP contribution in [0.1, 0.15) is 5.56 Å². The molecule has 0 atom stereocenters. The first-order valence-corrected chi connectivity index (χ1v) is 5.22. The Morgan fingerprint density at radius 1 is 1.62 bits per heavy atom. The lowest BCUT2D eigenvalue weighted by atomic mass is 10.1. The van der Waals surface area contributed by atoms with Crippen molar-refractivity contribution in [3.05, 3.63) is 38.7 Å². The van der Waals surface area contributed by atoms with Crippen molar-refractivity contribution in [3.63, 3.8) is 0 Å². The average Bonchev–Trinajstić information content (AvgIpc) is 2.28. The van der Waals surface area contributed by atoms with Gasteiger partial charge >= 0.3 is 0 Å². The summed E-state index contributed by atoms with van der Waals surface area (Å²) in [5.74, 6) is 0.445. The molecule has 1 aromatic rings. The number of phenolic OH excluding ortho intramolecular Hbond substituents is 1. The summed E-state index contributed by atoms with van der Waals surface area (Å²) in [6.45, 7) is 0.241. The number of aromatic hydroxyl groups is 1. The smallest absolute Gasteiger partial charge is 0.165 e. The van der Waals surface area contributed by atoms with Crippen molar-refractivity contribution in [3.8, 4) is 11.5 Å². The number of rotatable bonds is 4. The summed E-state index contributed by atoms with van der Waals surface area (Å²) in [5, 5.41) is 13.1. The fourth-order valence-corrected chi connectivity index (χ4v) is 1.59. The topological polar surface area (TPSA) is 78.2 Å². The molecule has 0 unspecified atom stereocenters. The highest BCUT2D eigenvalue weighted by Gasteiger charge is 2.06. The van der Waals surface area contributed by atoms with Gasteiger partial charge in [0, 0.05) is 21.5 Å². The summed E-state index contributed by atoms with van der Waals surface area (Å²) >= 11 is 3.30. The largest absolute Gasteiger partial charge is 0.504 e. The van der Waals surface area contributed by atoms with Gasteiger partial charge in [-0.15, -0.1) is 0 Å². The van der Waals surface area contributed by atoms with Crippen molar-refractivity contribution >= 4 is 22.0 Å². The van der Waals surface area contributed by atoms with Crippen molar-refractivity contribution in [1.29, 1.82) is 0 Å². The van der Waals surface area contributed by atoms with Gasteiger partial charge in [0.2, 0.25) is 0 Å². The third-order valence-corrected chi connectivity index (χ3v) is 2.29. The van der Waals surface area contributed by atoms with Crippen molar-refractivity contribution in [2.45, 2.75) is 0 Å². The van der Waals surface area contributed by atoms with Crippen LogP contribution in [0.5, 0.6) is 11.5 Å². The van der Waals surface area contributed by atoms with Crippen molar-refractivity contribution in [2.24, 2.45) is 5.11 Å². The molecule has 0 heterocycles. The molecule has 84 valence electrons. The molecule has 1 aromatic carbocycles. The van der Waals surface area contributed by atoms with Crippen molar-refractivity contribution in [1.82, 2.24) is 0 Å². The number of nitrogens with zero attached hydrogens (tertiary/aromatic N) is 3. The van der Waals surface area contributed by atoms with E-state index in [4.69, 9.17) is 10.3 Å². The standard InChI is InChI=1S/C10H10BrN3O2/c1-16-9-6-8(11)5-7(10(9)15)3-2-4-13-14-12/h2-3,5-6,15H,4H2,1H3. The van der Waals surface area contributed by atoms with Crippen LogP contribution in [0.15, 0.2) is 27.8 Å². The third kappa shape index (κ3) is 3.18. The number of azide groups is 1. The maximum absolute atomic E-state index is 9.77. The molecule has 0 aromatic heterocycles. The third-order valence-electron chi connectivity index (χ3n) is 1.84. The lowest BCUT2D eigenvalue weighted by Crippen LogP contribution is -1.86. The second-order valence-electron chi connectivity index (χ2n) is 2.86. The molecule has 16 heavy (non-hydrogen) atoms. The van der Waals surface area contributed by atoms with E-state index >= 15 is 0 Å². The minimum absolute atomic E-state index is 0.0582. The van der Waals surface area contributed by atoms with E-state index in [0.29, 0.717) is 11.3 Å². The van der Waals surface area contributed by atoms with Crippen molar-refractivity contribution in [2.75, 3.05) is 13.7 Å². The lowest BCUT2D eigenvalue weighted by Gasteiger charge is -2.06. The summed E-state index contributed by atoms with van der Waals surface area (Å²) in [5.41, 5.74) is 8.69. The molecule has 5 nitrogen and oxygen atoms in total. The van der Waals surface area contributed by atoms with Crippen LogP contribution >= 0.6 is 15.9 Å². The zero-order chi connectivity index (χ0) is 12.0. The molecule has 0 spiro atoms. The van der Waals surface area contributed by atoms with Gasteiger partial charge in [0.15, 0.2) is 11.5 Å². The van der Waals surface area contributed by atoms with Crippen LogP contribution in [0.3, 0.4) is 0 Å². The minimum atomic E-state index is 0.0582. The fraction of sp³-hybridized carbons (Fsp3) is 0.200. The Morgan fingerprint density at radius 3 is 3.00 bits per heavy atom. The van der Waals surface area contributed by atoms with Gasteiger partial charge < -0.3 is 9.84 Å². The van der Waals surface area contributed by atoms with E-state index < -0.39 is 0 Å². The number of ether oxygens (including phenoxy) is 1. The highest BCUT2D eigenvalue weighted by molar-refractivity contribution is 9.10. The van der Waals surface area contributed by atoms with Crippen molar-refractivity contribution < 1.29 is 9.84 Å². The molecule has 0 aliphatic carbocycles. The number of hydrogen-bond donors (Lipinski definition) is 1. The van der Waals surface area contributed by atoms with Crippen LogP contribution in [-0.4, -0.2) is 18.8 Å². The molecule has 6 heteroatoms. The first-order valence-electron chi connectivity index (χ1n) is 4.43. The molecule has 0 aliphatic heterocycles. The second kappa shape index (κ2) is 6.05. The summed E-state index contributed by atoms with van der Waals surface area (Å²) < 4.78 is 5.79. The van der Waals surface area contributed by atoms with Crippen LogP contribution < -0.4 is 4.74 Å². The minimum Gasteiger partial charge on any atom is -0.504 e. The first-order chi connectivity index (χ1) is 7.69. The Kier molecular flexibility index (Phi) is 4.69. The molecule has 0 amide bonds. The SMILES string of the molecule is COc1cc(Br)cc(C=CCN=[N+]=[N-])c1O. The molecule has 1 N–H and O–H groups in total. The predicted octanol–water partition coefficient (Wildman–Crippen LogP) is 3.49. The van der Waals surface area contributed by atoms with Crippen LogP contribution in [0, 0.1) is 0 Å². The van der Waals surface area contributed by atoms with Gasteiger partial charge in [-0.3, -0.25) is 0 Å². The Balaban J connectivity index is 2.99. The zero-order valence-corrected chi connectivity index (χ0v) is 10.2. The molecule has 0 bridgehead atoms. The van der Waals surface area contributed by atoms with Gasteiger partial charge in [-0.05, 0) is 17.7 Å². The molecule has 0 radical (unpaired) electrons. The highest BCUT2D eigenvalue weighted by atomic mass is 79.9. The van der Waals surface area contributed by atoms with Gasteiger partial charge in [-0.25, -0.2) is 0 Å². The first kappa shape index (κ1) is 12.4. The monoisotopic (exact) mass is 283 g/mol. The fourth-order valence-electron chi connectivity index (χ4n) is 1.14. The number of halogens is 1. The average molecular weight is 284 g/mol. The molecule has 0 saturated heterocycles. The summed E-state index contributed by atoms with van der Waals surface area (Å²) in [4.78, 5) is 2.62. The molecule has 1 rings (SSSR count). The molecule has 0 saturated carbocycles. The lowest BCUT2D eigenvalue weighted by molar-refractivity contribution is 0.372. The molecule has 0 fully saturated rings. The summed E-state index contributed by atoms with van der Waals surface area (Å²) in [6, 6.07) is 3.41. The Hall–Kier alpha value is -1.65. The number of phenols is 1. The Labute approximate surface area is 101 Å². The number of hydrogen-bond acceptors (Lipinski definition) is 3. The van der Waals surface area contributed by atoms with Crippen LogP contribution in [0.25, 0.3) is 16.5 Å². The molecule has 0 aliphatic rings. The Morgan fingerprint density at radius 2 is 2.38 bits per heavy atom. The van der Waals surface area contributed by atoms with E-state index in [1.165, 1.54) is 7.11 Å². The molecular weight excluding hydrogens is 274 g/mol. The maximum atomic E-state index is 9.77. The maximum Gasteiger partial charge on any atom is 0.165 e. The van der Waals surface area contributed by atoms with E-state index in [2.05, 4.69) is 26.0 Å². The van der Waals surface area contributed by atoms with Gasteiger partial charge in [0.1, 0.15) is 0 Å². The zero-order valence-electron chi connectivity index (χ0n) is 8.59. The van der Waals surface area contributed by atoms with Crippen LogP contribution in [0.2, 0.25) is 0 Å². The summed E-state index contributed by atoms with van der Waals surface area (Å²) in [7, 11) is 1.48. The van der Waals surface area contributed by atoms with Gasteiger partial charge in [-0.2, -0.15) is 0 Å². The normalized spacial score (nSPS) is 10.1. The van der Waals surface area contributed by atoms with Crippen LogP contribution in [0.4, 0.5) is 0 Å². The quantitative estimate of drug-likeness (QED) is 0.522. The van der Waals surface area contributed by atoms with Gasteiger partial charge in [0.25, 0.3) is 0 Å². The summed E-state index contributed by atoms with van der Waals surface area (Å²) in [6.07, 6.45) is 3.32. The van der Waals surface area contributed by atoms with E-state index in [1.54, 1.807) is 24.3 Å².